The van der Waals surface area contributed by atoms with Gasteiger partial charge in [0.05, 0.1) is 11.6 Å². The Morgan fingerprint density at radius 3 is 2.21 bits per heavy atom. The molecule has 2 nitrogen and oxygen atoms in total. The minimum absolute atomic E-state index is 0.258. The van der Waals surface area contributed by atoms with Crippen molar-refractivity contribution in [2.45, 2.75) is 20.5 Å². The van der Waals surface area contributed by atoms with Crippen molar-refractivity contribution in [3.8, 4) is 11.8 Å². The number of hydrogen-bond acceptors (Lipinski definition) is 2. The lowest BCUT2D eigenvalue weighted by atomic mass is 10.0. The van der Waals surface area contributed by atoms with Crippen LogP contribution in [0.15, 0.2) is 65.1 Å². The van der Waals surface area contributed by atoms with Crippen LogP contribution in [0, 0.1) is 31.0 Å². The summed E-state index contributed by atoms with van der Waals surface area (Å²) in [6.07, 6.45) is 1.88. The molecule has 0 amide bonds. The highest BCUT2D eigenvalue weighted by Gasteiger charge is 2.08. The molecule has 4 heteroatoms. The van der Waals surface area contributed by atoms with Gasteiger partial charge in [-0.25, -0.2) is 4.39 Å². The molecule has 0 fully saturated rings. The van der Waals surface area contributed by atoms with E-state index in [4.69, 9.17) is 4.74 Å². The molecule has 0 radical (unpaired) electrons. The molecule has 3 aromatic carbocycles. The van der Waals surface area contributed by atoms with E-state index in [0.29, 0.717) is 12.2 Å². The maximum absolute atomic E-state index is 13.0. The number of nitriles is 1. The second-order valence-electron chi connectivity index (χ2n) is 6.58. The topological polar surface area (TPSA) is 33.0 Å². The van der Waals surface area contributed by atoms with Crippen LogP contribution in [0.2, 0.25) is 0 Å². The van der Waals surface area contributed by atoms with Gasteiger partial charge in [0, 0.05) is 4.47 Å². The summed E-state index contributed by atoms with van der Waals surface area (Å²) in [5.41, 5.74) is 5.31. The summed E-state index contributed by atoms with van der Waals surface area (Å²) < 4.78 is 20.0. The Balaban J connectivity index is 1.83. The lowest BCUT2D eigenvalue weighted by Gasteiger charge is -2.13. The van der Waals surface area contributed by atoms with Crippen LogP contribution in [-0.2, 0) is 6.61 Å². The summed E-state index contributed by atoms with van der Waals surface area (Å²) in [5, 5.41) is 9.55. The molecule has 0 unspecified atom stereocenters. The van der Waals surface area contributed by atoms with Gasteiger partial charge in [0.2, 0.25) is 0 Å². The fraction of sp³-hybridized carbons (Fsp3) is 0.125. The van der Waals surface area contributed by atoms with Gasteiger partial charge in [0.15, 0.2) is 0 Å². The van der Waals surface area contributed by atoms with Crippen molar-refractivity contribution < 1.29 is 9.13 Å². The molecular formula is C24H19BrFNO. The molecule has 28 heavy (non-hydrogen) atoms. The molecule has 140 valence electrons. The average Bonchev–Trinajstić information content (AvgIpc) is 2.67. The van der Waals surface area contributed by atoms with E-state index >= 15 is 0 Å². The Bertz CT molecular complexity index is 1020. The van der Waals surface area contributed by atoms with E-state index in [0.717, 1.165) is 38.0 Å². The van der Waals surface area contributed by atoms with Gasteiger partial charge in [-0.1, -0.05) is 40.2 Å². The van der Waals surface area contributed by atoms with Crippen LogP contribution in [0.3, 0.4) is 0 Å². The molecule has 0 bridgehead atoms. The van der Waals surface area contributed by atoms with Gasteiger partial charge in [-0.3, -0.25) is 0 Å². The second-order valence-corrected chi connectivity index (χ2v) is 7.49. The van der Waals surface area contributed by atoms with E-state index in [1.807, 2.05) is 56.3 Å². The maximum atomic E-state index is 13.0. The standard InChI is InChI=1S/C24H19BrFNO/c1-16-11-19(13-21(14-27)20-5-7-22(25)8-6-20)12-17(2)24(16)28-15-18-3-9-23(26)10-4-18/h3-13H,15H2,1-2H3/b21-13+. The SMILES string of the molecule is Cc1cc(/C=C(\C#N)c2ccc(Br)cc2)cc(C)c1OCc1ccc(F)cc1. The minimum atomic E-state index is -0.258. The number of allylic oxidation sites excluding steroid dienone is 1. The molecule has 0 saturated heterocycles. The van der Waals surface area contributed by atoms with Crippen LogP contribution in [0.25, 0.3) is 11.6 Å². The Labute approximate surface area is 173 Å². The fourth-order valence-corrected chi connectivity index (χ4v) is 3.27. The average molecular weight is 436 g/mol. The normalized spacial score (nSPS) is 11.2. The first-order chi connectivity index (χ1) is 13.5. The van der Waals surface area contributed by atoms with Crippen molar-refractivity contribution >= 4 is 27.6 Å². The molecular weight excluding hydrogens is 417 g/mol. The minimum Gasteiger partial charge on any atom is -0.488 e. The summed E-state index contributed by atoms with van der Waals surface area (Å²) in [6, 6.07) is 20.2. The summed E-state index contributed by atoms with van der Waals surface area (Å²) in [7, 11) is 0. The zero-order valence-corrected chi connectivity index (χ0v) is 17.3. The molecule has 0 heterocycles. The van der Waals surface area contributed by atoms with Gasteiger partial charge in [0.25, 0.3) is 0 Å². The smallest absolute Gasteiger partial charge is 0.125 e. The second kappa shape index (κ2) is 8.86. The zero-order valence-electron chi connectivity index (χ0n) is 15.7. The van der Waals surface area contributed by atoms with E-state index in [1.165, 1.54) is 12.1 Å². The van der Waals surface area contributed by atoms with E-state index in [-0.39, 0.29) is 5.82 Å². The van der Waals surface area contributed by atoms with Crippen molar-refractivity contribution in [2.75, 3.05) is 0 Å². The van der Waals surface area contributed by atoms with Gasteiger partial charge >= 0.3 is 0 Å². The van der Waals surface area contributed by atoms with Crippen LogP contribution >= 0.6 is 15.9 Å². The van der Waals surface area contributed by atoms with Crippen molar-refractivity contribution in [1.29, 1.82) is 5.26 Å². The monoisotopic (exact) mass is 435 g/mol. The van der Waals surface area contributed by atoms with Gasteiger partial charge in [0.1, 0.15) is 18.2 Å². The summed E-state index contributed by atoms with van der Waals surface area (Å²) in [6.45, 7) is 4.34. The van der Waals surface area contributed by atoms with Crippen LogP contribution in [0.5, 0.6) is 5.75 Å². The highest BCUT2D eigenvalue weighted by molar-refractivity contribution is 9.10. The van der Waals surface area contributed by atoms with Gasteiger partial charge in [-0.2, -0.15) is 5.26 Å². The molecule has 0 aliphatic rings. The van der Waals surface area contributed by atoms with Crippen LogP contribution in [-0.4, -0.2) is 0 Å². The fourth-order valence-electron chi connectivity index (χ4n) is 3.01. The number of aryl methyl sites for hydroxylation is 2. The van der Waals surface area contributed by atoms with E-state index in [1.54, 1.807) is 12.1 Å². The lowest BCUT2D eigenvalue weighted by Crippen LogP contribution is -1.99. The number of nitrogens with zero attached hydrogens (tertiary/aromatic N) is 1. The van der Waals surface area contributed by atoms with Crippen molar-refractivity contribution in [3.63, 3.8) is 0 Å². The molecule has 0 atom stereocenters. The Morgan fingerprint density at radius 2 is 1.64 bits per heavy atom. The molecule has 0 aliphatic heterocycles. The predicted molar refractivity (Wildman–Crippen MR) is 114 cm³/mol. The number of rotatable bonds is 5. The quantitative estimate of drug-likeness (QED) is 0.324. The van der Waals surface area contributed by atoms with Crippen LogP contribution in [0.4, 0.5) is 4.39 Å². The zero-order chi connectivity index (χ0) is 20.1. The van der Waals surface area contributed by atoms with Crippen LogP contribution in [0.1, 0.15) is 27.8 Å². The molecule has 3 aromatic rings. The third-order valence-electron chi connectivity index (χ3n) is 4.37. The largest absolute Gasteiger partial charge is 0.488 e. The lowest BCUT2D eigenvalue weighted by molar-refractivity contribution is 0.302. The molecule has 0 spiro atoms. The number of benzene rings is 3. The van der Waals surface area contributed by atoms with E-state index in [2.05, 4.69) is 22.0 Å². The first-order valence-electron chi connectivity index (χ1n) is 8.82. The van der Waals surface area contributed by atoms with Crippen molar-refractivity contribution in [2.24, 2.45) is 0 Å². The van der Waals surface area contributed by atoms with Crippen molar-refractivity contribution in [3.05, 3.63) is 98.8 Å². The Kier molecular flexibility index (Phi) is 6.28. The highest BCUT2D eigenvalue weighted by Crippen LogP contribution is 2.28. The maximum Gasteiger partial charge on any atom is 0.125 e. The molecule has 0 N–H and O–H groups in total. The first-order valence-corrected chi connectivity index (χ1v) is 9.62. The number of halogens is 2. The third-order valence-corrected chi connectivity index (χ3v) is 4.89. The molecule has 0 saturated carbocycles. The molecule has 0 aliphatic carbocycles. The third kappa shape index (κ3) is 4.88. The van der Waals surface area contributed by atoms with Gasteiger partial charge in [-0.05, 0) is 84.1 Å². The number of hydrogen-bond donors (Lipinski definition) is 0. The molecule has 0 aromatic heterocycles. The van der Waals surface area contributed by atoms with Crippen molar-refractivity contribution in [1.82, 2.24) is 0 Å². The highest BCUT2D eigenvalue weighted by atomic mass is 79.9. The van der Waals surface area contributed by atoms with Gasteiger partial charge in [-0.15, -0.1) is 0 Å². The summed E-state index contributed by atoms with van der Waals surface area (Å²) >= 11 is 3.41. The van der Waals surface area contributed by atoms with E-state index in [9.17, 15) is 9.65 Å². The Hall–Kier alpha value is -2.90. The Morgan fingerprint density at radius 1 is 1.04 bits per heavy atom. The van der Waals surface area contributed by atoms with E-state index < -0.39 is 0 Å². The van der Waals surface area contributed by atoms with Gasteiger partial charge < -0.3 is 4.74 Å². The summed E-state index contributed by atoms with van der Waals surface area (Å²) in [4.78, 5) is 0. The molecule has 3 rings (SSSR count). The predicted octanol–water partition coefficient (Wildman–Crippen LogP) is 6.85. The number of ether oxygens (including phenoxy) is 1. The first kappa shape index (κ1) is 19.9. The summed E-state index contributed by atoms with van der Waals surface area (Å²) in [5.74, 6) is 0.551. The van der Waals surface area contributed by atoms with Crippen LogP contribution < -0.4 is 4.74 Å².